The number of piperidine rings is 3. The van der Waals surface area contributed by atoms with Gasteiger partial charge in [0.15, 0.2) is 0 Å². The fourth-order valence-corrected chi connectivity index (χ4v) is 6.78. The lowest BCUT2D eigenvalue weighted by molar-refractivity contribution is 0.00131. The first kappa shape index (κ1) is 20.0. The number of rotatable bonds is 3. The van der Waals surface area contributed by atoms with Gasteiger partial charge in [-0.05, 0) is 68.7 Å². The van der Waals surface area contributed by atoms with Crippen LogP contribution in [0, 0.1) is 11.8 Å². The van der Waals surface area contributed by atoms with E-state index in [1.165, 1.54) is 37.8 Å². The van der Waals surface area contributed by atoms with Gasteiger partial charge in [0.1, 0.15) is 11.4 Å². The van der Waals surface area contributed by atoms with E-state index in [0.717, 1.165) is 49.0 Å². The van der Waals surface area contributed by atoms with E-state index in [1.54, 1.807) is 7.11 Å². The molecule has 0 spiro atoms. The van der Waals surface area contributed by atoms with Crippen LogP contribution in [0.2, 0.25) is 0 Å². The van der Waals surface area contributed by atoms with Crippen molar-refractivity contribution in [2.75, 3.05) is 26.7 Å². The van der Waals surface area contributed by atoms with Crippen molar-refractivity contribution in [2.24, 2.45) is 11.8 Å². The maximum atomic E-state index is 13.7. The fourth-order valence-electron chi connectivity index (χ4n) is 6.78. The Morgan fingerprint density at radius 1 is 1.19 bits per heavy atom. The summed E-state index contributed by atoms with van der Waals surface area (Å²) in [6, 6.07) is 10.7. The molecule has 1 aromatic carbocycles. The zero-order valence-corrected chi connectivity index (χ0v) is 18.8. The van der Waals surface area contributed by atoms with Crippen LogP contribution in [0.25, 0.3) is 11.3 Å². The molecule has 4 heterocycles. The number of ether oxygens (including phenoxy) is 1. The smallest absolute Gasteiger partial charge is 0.272 e. The second kappa shape index (κ2) is 8.07. The van der Waals surface area contributed by atoms with Crippen LogP contribution in [-0.2, 0) is 0 Å². The number of hydrogen-bond acceptors (Lipinski definition) is 4. The normalized spacial score (nSPS) is 29.7. The van der Waals surface area contributed by atoms with Crippen molar-refractivity contribution in [1.82, 2.24) is 20.0 Å². The maximum Gasteiger partial charge on any atom is 0.272 e. The van der Waals surface area contributed by atoms with Gasteiger partial charge in [-0.1, -0.05) is 30.2 Å². The summed E-state index contributed by atoms with van der Waals surface area (Å²) in [5.41, 5.74) is 3.73. The Labute approximate surface area is 189 Å². The molecular weight excluding hydrogens is 400 g/mol. The summed E-state index contributed by atoms with van der Waals surface area (Å²) in [6.07, 6.45) is 10.0. The zero-order valence-electron chi connectivity index (χ0n) is 18.8. The van der Waals surface area contributed by atoms with Gasteiger partial charge in [0.05, 0.1) is 18.8 Å². The van der Waals surface area contributed by atoms with Gasteiger partial charge >= 0.3 is 0 Å². The molecule has 6 heteroatoms. The number of hydrogen-bond donors (Lipinski definition) is 1. The van der Waals surface area contributed by atoms with Crippen LogP contribution < -0.4 is 4.74 Å². The topological polar surface area (TPSA) is 61.5 Å². The highest BCUT2D eigenvalue weighted by Gasteiger charge is 2.47. The molecular formula is C26H32N4O2. The minimum atomic E-state index is 0.0773. The van der Waals surface area contributed by atoms with E-state index in [9.17, 15) is 4.79 Å². The van der Waals surface area contributed by atoms with Crippen LogP contribution in [0.3, 0.4) is 0 Å². The molecule has 6 nitrogen and oxygen atoms in total. The summed E-state index contributed by atoms with van der Waals surface area (Å²) in [6.45, 7) is 3.20. The van der Waals surface area contributed by atoms with E-state index in [-0.39, 0.29) is 11.9 Å². The highest BCUT2D eigenvalue weighted by molar-refractivity contribution is 5.94. The summed E-state index contributed by atoms with van der Waals surface area (Å²) >= 11 is 0. The number of para-hydroxylation sites is 1. The third-order valence-corrected chi connectivity index (χ3v) is 8.11. The van der Waals surface area contributed by atoms with Crippen molar-refractivity contribution in [2.45, 2.75) is 50.6 Å². The minimum Gasteiger partial charge on any atom is -0.496 e. The van der Waals surface area contributed by atoms with Gasteiger partial charge in [0, 0.05) is 24.7 Å². The van der Waals surface area contributed by atoms with Gasteiger partial charge in [-0.3, -0.25) is 14.8 Å². The van der Waals surface area contributed by atoms with Crippen LogP contribution >= 0.6 is 0 Å². The predicted molar refractivity (Wildman–Crippen MR) is 124 cm³/mol. The minimum absolute atomic E-state index is 0.0773. The van der Waals surface area contributed by atoms with Crippen molar-refractivity contribution >= 4 is 5.91 Å². The Morgan fingerprint density at radius 2 is 2.09 bits per heavy atom. The monoisotopic (exact) mass is 432 g/mol. The first-order valence-corrected chi connectivity index (χ1v) is 12.2. The number of methoxy groups -OCH3 is 1. The number of H-pyrrole nitrogens is 1. The number of aromatic amines is 1. The summed E-state index contributed by atoms with van der Waals surface area (Å²) in [4.78, 5) is 18.5. The van der Waals surface area contributed by atoms with Crippen molar-refractivity contribution < 1.29 is 9.53 Å². The third-order valence-electron chi connectivity index (χ3n) is 8.11. The molecule has 3 aliphatic heterocycles. The van der Waals surface area contributed by atoms with E-state index < -0.39 is 0 Å². The molecule has 1 aliphatic carbocycles. The molecule has 168 valence electrons. The SMILES string of the molecule is COc1ccccc1-c1cc(C(=O)N2CCCC3=C[C@H]4C[C@H](CN5CCCC[C@@H]45)[C@H]32)[nH]n1. The molecule has 6 rings (SSSR count). The molecule has 4 aliphatic rings. The van der Waals surface area contributed by atoms with Crippen LogP contribution in [-0.4, -0.2) is 64.7 Å². The molecule has 0 saturated carbocycles. The fraction of sp³-hybridized carbons (Fsp3) is 0.538. The van der Waals surface area contributed by atoms with Gasteiger partial charge in [0.25, 0.3) is 5.91 Å². The first-order chi connectivity index (χ1) is 15.7. The Hall–Kier alpha value is -2.60. The number of amides is 1. The molecule has 1 N–H and O–H groups in total. The average Bonchev–Trinajstić information content (AvgIpc) is 3.33. The number of carbonyl (C=O) groups excluding carboxylic acids is 1. The number of likely N-dealkylation sites (tertiary alicyclic amines) is 1. The molecule has 1 aromatic heterocycles. The molecule has 4 atom stereocenters. The number of fused-ring (bicyclic) bond motifs is 6. The maximum absolute atomic E-state index is 13.7. The van der Waals surface area contributed by atoms with E-state index in [1.807, 2.05) is 30.3 Å². The van der Waals surface area contributed by atoms with E-state index in [0.29, 0.717) is 17.5 Å². The Morgan fingerprint density at radius 3 is 3.00 bits per heavy atom. The van der Waals surface area contributed by atoms with Crippen LogP contribution in [0.4, 0.5) is 0 Å². The molecule has 3 fully saturated rings. The summed E-state index contributed by atoms with van der Waals surface area (Å²) in [5, 5.41) is 7.48. The second-order valence-corrected chi connectivity index (χ2v) is 9.87. The quantitative estimate of drug-likeness (QED) is 0.741. The van der Waals surface area contributed by atoms with Crippen molar-refractivity contribution in [3.63, 3.8) is 0 Å². The van der Waals surface area contributed by atoms with Gasteiger partial charge < -0.3 is 9.64 Å². The molecule has 0 unspecified atom stereocenters. The lowest BCUT2D eigenvalue weighted by Gasteiger charge is -2.54. The highest BCUT2D eigenvalue weighted by atomic mass is 16.5. The lowest BCUT2D eigenvalue weighted by atomic mass is 9.68. The summed E-state index contributed by atoms with van der Waals surface area (Å²) in [7, 11) is 1.66. The predicted octanol–water partition coefficient (Wildman–Crippen LogP) is 4.12. The average molecular weight is 433 g/mol. The standard InChI is InChI=1S/C26H32N4O2/c1-32-24-10-3-2-8-20(24)21-15-22(28-27-21)26(31)30-12-6-7-17-13-18-14-19(25(17)30)16-29-11-5-4-9-23(18)29/h2-3,8,10,13,15,18-19,23,25H,4-7,9,11-12,14,16H2,1H3,(H,27,28)/t18-,19+,23-,25-/m0/s1. The second-order valence-electron chi connectivity index (χ2n) is 9.87. The summed E-state index contributed by atoms with van der Waals surface area (Å²) in [5.74, 6) is 2.07. The molecule has 0 radical (unpaired) electrons. The van der Waals surface area contributed by atoms with Gasteiger partial charge in [-0.2, -0.15) is 5.10 Å². The molecule has 1 amide bonds. The third kappa shape index (κ3) is 3.27. The van der Waals surface area contributed by atoms with Crippen molar-refractivity contribution in [1.29, 1.82) is 0 Å². The number of carbonyl (C=O) groups is 1. The number of aromatic nitrogens is 2. The first-order valence-electron chi connectivity index (χ1n) is 12.2. The molecule has 3 saturated heterocycles. The largest absolute Gasteiger partial charge is 0.496 e. The molecule has 32 heavy (non-hydrogen) atoms. The molecule has 2 aromatic rings. The number of nitrogens with one attached hydrogen (secondary N) is 1. The van der Waals surface area contributed by atoms with Gasteiger partial charge in [-0.25, -0.2) is 0 Å². The van der Waals surface area contributed by atoms with E-state index >= 15 is 0 Å². The number of benzene rings is 1. The highest BCUT2D eigenvalue weighted by Crippen LogP contribution is 2.45. The van der Waals surface area contributed by atoms with Crippen LogP contribution in [0.5, 0.6) is 5.75 Å². The summed E-state index contributed by atoms with van der Waals surface area (Å²) < 4.78 is 5.48. The van der Waals surface area contributed by atoms with Crippen LogP contribution in [0.15, 0.2) is 42.0 Å². The molecule has 2 bridgehead atoms. The van der Waals surface area contributed by atoms with E-state index in [4.69, 9.17) is 4.74 Å². The van der Waals surface area contributed by atoms with Gasteiger partial charge in [-0.15, -0.1) is 0 Å². The van der Waals surface area contributed by atoms with Crippen molar-refractivity contribution in [3.05, 3.63) is 47.7 Å². The van der Waals surface area contributed by atoms with Crippen LogP contribution in [0.1, 0.15) is 49.0 Å². The zero-order chi connectivity index (χ0) is 21.7. The van der Waals surface area contributed by atoms with E-state index in [2.05, 4.69) is 26.1 Å². The lowest BCUT2D eigenvalue weighted by Crippen LogP contribution is -2.60. The van der Waals surface area contributed by atoms with Crippen molar-refractivity contribution in [3.8, 4) is 17.0 Å². The number of nitrogens with zero attached hydrogens (tertiary/aromatic N) is 3. The Bertz CT molecular complexity index is 1040. The Kier molecular flexibility index (Phi) is 5.05. The van der Waals surface area contributed by atoms with Gasteiger partial charge in [0.2, 0.25) is 0 Å². The Balaban J connectivity index is 1.28.